The van der Waals surface area contributed by atoms with E-state index in [9.17, 15) is 4.79 Å². The molecule has 0 bridgehead atoms. The van der Waals surface area contributed by atoms with Gasteiger partial charge in [-0.15, -0.1) is 12.4 Å². The van der Waals surface area contributed by atoms with Crippen molar-refractivity contribution in [2.45, 2.75) is 33.6 Å². The van der Waals surface area contributed by atoms with Gasteiger partial charge in [0.2, 0.25) is 0 Å². The van der Waals surface area contributed by atoms with E-state index in [4.69, 9.17) is 5.73 Å². The third-order valence-electron chi connectivity index (χ3n) is 3.95. The molecule has 1 aromatic carbocycles. The van der Waals surface area contributed by atoms with E-state index in [1.54, 1.807) is 0 Å². The van der Waals surface area contributed by atoms with Crippen molar-refractivity contribution < 1.29 is 4.79 Å². The number of nitrogens with two attached hydrogens (primary N) is 1. The van der Waals surface area contributed by atoms with Crippen LogP contribution in [0.5, 0.6) is 0 Å². The number of rotatable bonds is 6. The highest BCUT2D eigenvalue weighted by Gasteiger charge is 2.16. The van der Waals surface area contributed by atoms with Crippen molar-refractivity contribution in [2.24, 2.45) is 5.73 Å². The van der Waals surface area contributed by atoms with Crippen LogP contribution >= 0.6 is 12.4 Å². The summed E-state index contributed by atoms with van der Waals surface area (Å²) in [7, 11) is 0. The Morgan fingerprint density at radius 3 is 2.52 bits per heavy atom. The largest absolute Gasteiger partial charge is 0.352 e. The molecule has 1 heterocycles. The van der Waals surface area contributed by atoms with Gasteiger partial charge in [-0.3, -0.25) is 4.79 Å². The van der Waals surface area contributed by atoms with E-state index in [1.807, 2.05) is 32.0 Å². The fraction of sp³-hybridized carbons (Fsp3) is 0.389. The summed E-state index contributed by atoms with van der Waals surface area (Å²) in [6, 6.07) is 10.2. The first kappa shape index (κ1) is 19.3. The van der Waals surface area contributed by atoms with E-state index in [0.717, 1.165) is 35.5 Å². The maximum absolute atomic E-state index is 12.4. The summed E-state index contributed by atoms with van der Waals surface area (Å²) in [6.45, 7) is 7.45. The normalized spacial score (nSPS) is 10.3. The molecule has 0 atom stereocenters. The second-order valence-electron chi connectivity index (χ2n) is 5.66. The van der Waals surface area contributed by atoms with Crippen molar-refractivity contribution in [1.29, 1.82) is 0 Å². The molecular formula is C18H26ClN3O. The monoisotopic (exact) mass is 335 g/mol. The number of aromatic nitrogens is 1. The van der Waals surface area contributed by atoms with Crippen molar-refractivity contribution >= 4 is 18.3 Å². The minimum Gasteiger partial charge on any atom is -0.352 e. The molecule has 0 unspecified atom stereocenters. The van der Waals surface area contributed by atoms with Gasteiger partial charge in [0.1, 0.15) is 0 Å². The number of carbonyl (C=O) groups is 1. The standard InChI is InChI=1S/C18H25N3O.ClH/c1-13-8-4-5-9-17(13)21-14(2)12-16(15(21)3)18(22)20-11-7-6-10-19;/h4-5,8-9,12H,6-7,10-11,19H2,1-3H3,(H,20,22);1H. The molecule has 5 heteroatoms. The summed E-state index contributed by atoms with van der Waals surface area (Å²) in [5.74, 6) is -0.00930. The number of aryl methyl sites for hydroxylation is 2. The topological polar surface area (TPSA) is 60.0 Å². The van der Waals surface area contributed by atoms with Crippen LogP contribution in [0.4, 0.5) is 0 Å². The van der Waals surface area contributed by atoms with E-state index >= 15 is 0 Å². The molecule has 0 aliphatic heterocycles. The molecular weight excluding hydrogens is 310 g/mol. The van der Waals surface area contributed by atoms with Crippen LogP contribution < -0.4 is 11.1 Å². The smallest absolute Gasteiger partial charge is 0.253 e. The first-order chi connectivity index (χ1) is 10.6. The molecule has 1 amide bonds. The van der Waals surface area contributed by atoms with Gasteiger partial charge in [-0.2, -0.15) is 0 Å². The van der Waals surface area contributed by atoms with E-state index in [-0.39, 0.29) is 18.3 Å². The summed E-state index contributed by atoms with van der Waals surface area (Å²) in [4.78, 5) is 12.4. The van der Waals surface area contributed by atoms with Crippen molar-refractivity contribution in [1.82, 2.24) is 9.88 Å². The Balaban J connectivity index is 0.00000264. The summed E-state index contributed by atoms with van der Waals surface area (Å²) in [5.41, 5.74) is 10.6. The Kier molecular flexibility index (Phi) is 7.33. The molecule has 0 aliphatic rings. The molecule has 0 saturated carbocycles. The lowest BCUT2D eigenvalue weighted by Crippen LogP contribution is -2.25. The van der Waals surface area contributed by atoms with Crippen LogP contribution in [0.25, 0.3) is 5.69 Å². The maximum atomic E-state index is 12.4. The fourth-order valence-corrected chi connectivity index (χ4v) is 2.74. The molecule has 0 radical (unpaired) electrons. The van der Waals surface area contributed by atoms with Gasteiger partial charge in [0.05, 0.1) is 5.56 Å². The predicted molar refractivity (Wildman–Crippen MR) is 97.8 cm³/mol. The lowest BCUT2D eigenvalue weighted by atomic mass is 10.2. The van der Waals surface area contributed by atoms with Gasteiger partial charge in [0.25, 0.3) is 5.91 Å². The zero-order valence-corrected chi connectivity index (χ0v) is 14.9. The number of hydrogen-bond donors (Lipinski definition) is 2. The highest BCUT2D eigenvalue weighted by molar-refractivity contribution is 5.95. The molecule has 0 aliphatic carbocycles. The Morgan fingerprint density at radius 2 is 1.87 bits per heavy atom. The third-order valence-corrected chi connectivity index (χ3v) is 3.95. The molecule has 2 aromatic rings. The van der Waals surface area contributed by atoms with E-state index in [1.165, 1.54) is 5.56 Å². The minimum atomic E-state index is -0.00930. The van der Waals surface area contributed by atoms with Gasteiger partial charge in [0, 0.05) is 23.6 Å². The number of nitrogens with zero attached hydrogens (tertiary/aromatic N) is 1. The second-order valence-corrected chi connectivity index (χ2v) is 5.66. The number of amides is 1. The summed E-state index contributed by atoms with van der Waals surface area (Å²) in [5, 5.41) is 2.97. The lowest BCUT2D eigenvalue weighted by molar-refractivity contribution is 0.0952. The van der Waals surface area contributed by atoms with Gasteiger partial charge in [-0.25, -0.2) is 0 Å². The van der Waals surface area contributed by atoms with Crippen molar-refractivity contribution in [3.8, 4) is 5.69 Å². The van der Waals surface area contributed by atoms with Crippen LogP contribution in [0.3, 0.4) is 0 Å². The van der Waals surface area contributed by atoms with Crippen LogP contribution in [0, 0.1) is 20.8 Å². The van der Waals surface area contributed by atoms with Gasteiger partial charge in [-0.05, 0) is 57.9 Å². The molecule has 0 saturated heterocycles. The summed E-state index contributed by atoms with van der Waals surface area (Å²) >= 11 is 0. The van der Waals surface area contributed by atoms with E-state index < -0.39 is 0 Å². The van der Waals surface area contributed by atoms with Gasteiger partial charge >= 0.3 is 0 Å². The van der Waals surface area contributed by atoms with Crippen LogP contribution in [-0.2, 0) is 0 Å². The molecule has 126 valence electrons. The Bertz CT molecular complexity index is 664. The number of unbranched alkanes of at least 4 members (excludes halogenated alkanes) is 1. The Labute approximate surface area is 144 Å². The summed E-state index contributed by atoms with van der Waals surface area (Å²) < 4.78 is 2.14. The van der Waals surface area contributed by atoms with Crippen LogP contribution in [-0.4, -0.2) is 23.6 Å². The quantitative estimate of drug-likeness (QED) is 0.796. The molecule has 2 rings (SSSR count). The number of hydrogen-bond acceptors (Lipinski definition) is 2. The zero-order valence-electron chi connectivity index (χ0n) is 14.1. The highest BCUT2D eigenvalue weighted by atomic mass is 35.5. The van der Waals surface area contributed by atoms with Crippen LogP contribution in [0.2, 0.25) is 0 Å². The number of nitrogens with one attached hydrogen (secondary N) is 1. The molecule has 0 spiro atoms. The lowest BCUT2D eigenvalue weighted by Gasteiger charge is -2.12. The first-order valence-electron chi connectivity index (χ1n) is 7.79. The number of carbonyl (C=O) groups excluding carboxylic acids is 1. The molecule has 4 nitrogen and oxygen atoms in total. The number of benzene rings is 1. The fourth-order valence-electron chi connectivity index (χ4n) is 2.74. The Hall–Kier alpha value is -1.78. The van der Waals surface area contributed by atoms with Gasteiger partial charge in [0.15, 0.2) is 0 Å². The average Bonchev–Trinajstić information content (AvgIpc) is 2.79. The zero-order chi connectivity index (χ0) is 16.1. The molecule has 0 fully saturated rings. The van der Waals surface area contributed by atoms with Crippen molar-refractivity contribution in [3.05, 3.63) is 52.8 Å². The first-order valence-corrected chi connectivity index (χ1v) is 7.79. The van der Waals surface area contributed by atoms with E-state index in [2.05, 4.69) is 28.9 Å². The number of para-hydroxylation sites is 1. The molecule has 3 N–H and O–H groups in total. The second kappa shape index (κ2) is 8.75. The van der Waals surface area contributed by atoms with Crippen molar-refractivity contribution in [3.63, 3.8) is 0 Å². The highest BCUT2D eigenvalue weighted by Crippen LogP contribution is 2.23. The van der Waals surface area contributed by atoms with Crippen molar-refractivity contribution in [2.75, 3.05) is 13.1 Å². The van der Waals surface area contributed by atoms with Gasteiger partial charge in [-0.1, -0.05) is 18.2 Å². The van der Waals surface area contributed by atoms with Gasteiger partial charge < -0.3 is 15.6 Å². The SMILES string of the molecule is Cc1ccccc1-n1c(C)cc(C(=O)NCCCCN)c1C.Cl. The minimum absolute atomic E-state index is 0. The maximum Gasteiger partial charge on any atom is 0.253 e. The van der Waals surface area contributed by atoms with Crippen LogP contribution in [0.15, 0.2) is 30.3 Å². The molecule has 1 aromatic heterocycles. The average molecular weight is 336 g/mol. The summed E-state index contributed by atoms with van der Waals surface area (Å²) in [6.07, 6.45) is 1.85. The molecule has 23 heavy (non-hydrogen) atoms. The Morgan fingerprint density at radius 1 is 1.17 bits per heavy atom. The van der Waals surface area contributed by atoms with E-state index in [0.29, 0.717) is 13.1 Å². The third kappa shape index (κ3) is 4.36. The predicted octanol–water partition coefficient (Wildman–Crippen LogP) is 3.29. The van der Waals surface area contributed by atoms with Crippen LogP contribution in [0.1, 0.15) is 40.2 Å². The number of halogens is 1.